The summed E-state index contributed by atoms with van der Waals surface area (Å²) in [4.78, 5) is 21.8. The molecule has 8 nitrogen and oxygen atoms in total. The van der Waals surface area contributed by atoms with Gasteiger partial charge in [-0.25, -0.2) is 14.6 Å². The van der Waals surface area contributed by atoms with Crippen LogP contribution < -0.4 is 15.4 Å². The van der Waals surface area contributed by atoms with E-state index in [-0.39, 0.29) is 11.9 Å². The Bertz CT molecular complexity index is 1020. The molecule has 0 spiro atoms. The van der Waals surface area contributed by atoms with Gasteiger partial charge in [0.1, 0.15) is 11.6 Å². The maximum atomic E-state index is 12.4. The molecule has 0 aliphatic heterocycles. The summed E-state index contributed by atoms with van der Waals surface area (Å²) in [5.74, 6) is 1.41. The van der Waals surface area contributed by atoms with Crippen LogP contribution in [0.4, 0.5) is 5.82 Å². The third kappa shape index (κ3) is 6.10. The first-order chi connectivity index (χ1) is 14.9. The number of carbonyl (C=O) groups excluding carboxylic acids is 1. The molecule has 0 radical (unpaired) electrons. The number of hydrogen-bond donors (Lipinski definition) is 2. The molecule has 2 aromatic heterocycles. The van der Waals surface area contributed by atoms with Gasteiger partial charge >= 0.3 is 0 Å². The predicted octanol–water partition coefficient (Wildman–Crippen LogP) is 3.98. The lowest BCUT2D eigenvalue weighted by Gasteiger charge is -2.12. The van der Waals surface area contributed by atoms with Crippen molar-refractivity contribution in [1.82, 2.24) is 25.1 Å². The van der Waals surface area contributed by atoms with Gasteiger partial charge in [-0.2, -0.15) is 5.10 Å². The van der Waals surface area contributed by atoms with E-state index in [1.165, 1.54) is 0 Å². The Morgan fingerprint density at radius 2 is 1.90 bits per heavy atom. The average molecular weight is 443 g/mol. The van der Waals surface area contributed by atoms with Crippen LogP contribution in [0.5, 0.6) is 5.75 Å². The maximum Gasteiger partial charge on any atom is 0.251 e. The second kappa shape index (κ2) is 10.5. The van der Waals surface area contributed by atoms with Gasteiger partial charge in [0.25, 0.3) is 5.91 Å². The highest BCUT2D eigenvalue weighted by atomic mass is 32.2. The van der Waals surface area contributed by atoms with Crippen molar-refractivity contribution < 1.29 is 9.53 Å². The SMILES string of the molecule is CCOc1ccc(C(=O)NCCn2ncc3c(NC(C)C)nc(SC(C)C)nc32)cc1. The molecule has 3 rings (SSSR count). The van der Waals surface area contributed by atoms with Gasteiger partial charge in [-0.05, 0) is 45.0 Å². The van der Waals surface area contributed by atoms with Crippen LogP contribution in [0.3, 0.4) is 0 Å². The molecule has 2 N–H and O–H groups in total. The topological polar surface area (TPSA) is 94.0 Å². The van der Waals surface area contributed by atoms with Crippen LogP contribution in [0.2, 0.25) is 0 Å². The molecular weight excluding hydrogens is 412 g/mol. The lowest BCUT2D eigenvalue weighted by molar-refractivity contribution is 0.0952. The molecule has 1 amide bonds. The summed E-state index contributed by atoms with van der Waals surface area (Å²) in [5, 5.41) is 12.8. The highest BCUT2D eigenvalue weighted by Gasteiger charge is 2.15. The first kappa shape index (κ1) is 22.9. The number of thioether (sulfide) groups is 1. The molecular formula is C22H30N6O2S. The standard InChI is InChI=1S/C22H30N6O2S/c1-6-30-17-9-7-16(8-10-17)21(29)23-11-12-28-20-18(13-24-28)19(25-14(2)3)26-22(27-20)31-15(4)5/h7-10,13-15H,6,11-12H2,1-5H3,(H,23,29)(H,25,26,27). The lowest BCUT2D eigenvalue weighted by Crippen LogP contribution is -2.27. The van der Waals surface area contributed by atoms with Crippen LogP contribution in [0.15, 0.2) is 35.6 Å². The molecule has 0 unspecified atom stereocenters. The van der Waals surface area contributed by atoms with Gasteiger partial charge in [-0.15, -0.1) is 0 Å². The average Bonchev–Trinajstić information content (AvgIpc) is 3.11. The summed E-state index contributed by atoms with van der Waals surface area (Å²) >= 11 is 1.61. The van der Waals surface area contributed by atoms with E-state index in [0.29, 0.717) is 35.7 Å². The van der Waals surface area contributed by atoms with Crippen LogP contribution >= 0.6 is 11.8 Å². The molecule has 0 saturated carbocycles. The minimum absolute atomic E-state index is 0.132. The van der Waals surface area contributed by atoms with Gasteiger partial charge in [-0.3, -0.25) is 4.79 Å². The molecule has 31 heavy (non-hydrogen) atoms. The minimum Gasteiger partial charge on any atom is -0.494 e. The number of ether oxygens (including phenoxy) is 1. The van der Waals surface area contributed by atoms with Crippen molar-refractivity contribution in [3.8, 4) is 5.75 Å². The van der Waals surface area contributed by atoms with Crippen LogP contribution in [0.25, 0.3) is 11.0 Å². The minimum atomic E-state index is -0.132. The van der Waals surface area contributed by atoms with E-state index in [9.17, 15) is 4.79 Å². The largest absolute Gasteiger partial charge is 0.494 e. The number of rotatable bonds is 10. The molecule has 1 aromatic carbocycles. The Kier molecular flexibility index (Phi) is 7.73. The molecule has 0 aliphatic rings. The Morgan fingerprint density at radius 3 is 2.55 bits per heavy atom. The van der Waals surface area contributed by atoms with Crippen LogP contribution in [0.1, 0.15) is 45.0 Å². The van der Waals surface area contributed by atoms with E-state index >= 15 is 0 Å². The second-order valence-electron chi connectivity index (χ2n) is 7.64. The van der Waals surface area contributed by atoms with Crippen molar-refractivity contribution in [2.24, 2.45) is 0 Å². The molecule has 0 fully saturated rings. The third-order valence-corrected chi connectivity index (χ3v) is 5.14. The highest BCUT2D eigenvalue weighted by Crippen LogP contribution is 2.26. The van der Waals surface area contributed by atoms with Gasteiger partial charge < -0.3 is 15.4 Å². The van der Waals surface area contributed by atoms with E-state index in [4.69, 9.17) is 9.72 Å². The number of benzene rings is 1. The third-order valence-electron chi connectivity index (χ3n) is 4.28. The van der Waals surface area contributed by atoms with Crippen LogP contribution in [0, 0.1) is 0 Å². The molecule has 0 saturated heterocycles. The van der Waals surface area contributed by atoms with Crippen molar-refractivity contribution in [3.63, 3.8) is 0 Å². The zero-order valence-corrected chi connectivity index (χ0v) is 19.5. The number of nitrogens with zero attached hydrogens (tertiary/aromatic N) is 4. The van der Waals surface area contributed by atoms with Crippen molar-refractivity contribution in [1.29, 1.82) is 0 Å². The smallest absolute Gasteiger partial charge is 0.251 e. The first-order valence-corrected chi connectivity index (χ1v) is 11.4. The van der Waals surface area contributed by atoms with Crippen molar-refractivity contribution in [3.05, 3.63) is 36.0 Å². The molecule has 2 heterocycles. The van der Waals surface area contributed by atoms with Crippen molar-refractivity contribution in [2.45, 2.75) is 57.6 Å². The second-order valence-corrected chi connectivity index (χ2v) is 9.18. The van der Waals surface area contributed by atoms with Gasteiger partial charge in [0, 0.05) is 23.4 Å². The van der Waals surface area contributed by atoms with Gasteiger partial charge in [-0.1, -0.05) is 25.6 Å². The van der Waals surface area contributed by atoms with E-state index in [0.717, 1.165) is 22.6 Å². The molecule has 0 aliphatic carbocycles. The van der Waals surface area contributed by atoms with E-state index in [1.54, 1.807) is 42.2 Å². The summed E-state index contributed by atoms with van der Waals surface area (Å²) in [7, 11) is 0. The van der Waals surface area contributed by atoms with Crippen LogP contribution in [-0.4, -0.2) is 50.1 Å². The number of anilines is 1. The monoisotopic (exact) mass is 442 g/mol. The van der Waals surface area contributed by atoms with E-state index in [1.807, 2.05) is 11.6 Å². The normalized spacial score (nSPS) is 11.3. The van der Waals surface area contributed by atoms with Gasteiger partial charge in [0.2, 0.25) is 0 Å². The van der Waals surface area contributed by atoms with Crippen LogP contribution in [-0.2, 0) is 6.54 Å². The first-order valence-electron chi connectivity index (χ1n) is 10.5. The lowest BCUT2D eigenvalue weighted by atomic mass is 10.2. The summed E-state index contributed by atoms with van der Waals surface area (Å²) in [5.41, 5.74) is 1.35. The summed E-state index contributed by atoms with van der Waals surface area (Å²) in [6, 6.07) is 7.36. The Balaban J connectivity index is 1.71. The number of aromatic nitrogens is 4. The number of hydrogen-bond acceptors (Lipinski definition) is 7. The fourth-order valence-corrected chi connectivity index (χ4v) is 3.70. The number of amides is 1. The fourth-order valence-electron chi connectivity index (χ4n) is 2.99. The fraction of sp³-hybridized carbons (Fsp3) is 0.455. The maximum absolute atomic E-state index is 12.4. The Labute approximate surface area is 187 Å². The zero-order valence-electron chi connectivity index (χ0n) is 18.7. The summed E-state index contributed by atoms with van der Waals surface area (Å²) in [6.07, 6.45) is 1.78. The van der Waals surface area contributed by atoms with Crippen molar-refractivity contribution >= 4 is 34.5 Å². The predicted molar refractivity (Wildman–Crippen MR) is 125 cm³/mol. The number of carbonyl (C=O) groups is 1. The quantitative estimate of drug-likeness (QED) is 0.362. The molecule has 3 aromatic rings. The van der Waals surface area contributed by atoms with Gasteiger partial charge in [0.15, 0.2) is 10.8 Å². The number of nitrogens with one attached hydrogen (secondary N) is 2. The number of fused-ring (bicyclic) bond motifs is 1. The molecule has 0 bridgehead atoms. The molecule has 9 heteroatoms. The van der Waals surface area contributed by atoms with E-state index < -0.39 is 0 Å². The van der Waals surface area contributed by atoms with Crippen molar-refractivity contribution in [2.75, 3.05) is 18.5 Å². The molecule has 0 atom stereocenters. The zero-order chi connectivity index (χ0) is 22.4. The Morgan fingerprint density at radius 1 is 1.16 bits per heavy atom. The Hall–Kier alpha value is -2.81. The summed E-state index contributed by atoms with van der Waals surface area (Å²) in [6.45, 7) is 11.8. The summed E-state index contributed by atoms with van der Waals surface area (Å²) < 4.78 is 7.23. The molecule has 166 valence electrons. The van der Waals surface area contributed by atoms with Gasteiger partial charge in [0.05, 0.1) is 24.7 Å². The highest BCUT2D eigenvalue weighted by molar-refractivity contribution is 7.99. The van der Waals surface area contributed by atoms with E-state index in [2.05, 4.69) is 48.4 Å².